The zero-order chi connectivity index (χ0) is 18.3. The summed E-state index contributed by atoms with van der Waals surface area (Å²) in [7, 11) is -2.00. The van der Waals surface area contributed by atoms with Crippen LogP contribution in [0.4, 0.5) is 0 Å². The van der Waals surface area contributed by atoms with Gasteiger partial charge in [-0.25, -0.2) is 13.1 Å². The highest BCUT2D eigenvalue weighted by molar-refractivity contribution is 7.89. The van der Waals surface area contributed by atoms with Crippen LogP contribution in [0.3, 0.4) is 0 Å². The number of benzene rings is 1. The van der Waals surface area contributed by atoms with Crippen LogP contribution in [-0.4, -0.2) is 33.5 Å². The lowest BCUT2D eigenvalue weighted by atomic mass is 9.97. The molecule has 0 bridgehead atoms. The molecule has 0 aliphatic heterocycles. The summed E-state index contributed by atoms with van der Waals surface area (Å²) in [6, 6.07) is 6.18. The predicted octanol–water partition coefficient (Wildman–Crippen LogP) is 2.59. The molecule has 0 radical (unpaired) electrons. The molecule has 1 aliphatic carbocycles. The minimum atomic E-state index is -3.54. The molecule has 7 heteroatoms. The summed E-state index contributed by atoms with van der Waals surface area (Å²) in [5, 5.41) is 2.51. The van der Waals surface area contributed by atoms with E-state index in [9.17, 15) is 13.2 Å². The molecule has 0 unspecified atom stereocenters. The van der Waals surface area contributed by atoms with Gasteiger partial charge in [0.1, 0.15) is 5.75 Å². The van der Waals surface area contributed by atoms with E-state index in [1.165, 1.54) is 31.4 Å². The van der Waals surface area contributed by atoms with Crippen molar-refractivity contribution in [2.24, 2.45) is 0 Å². The Morgan fingerprint density at radius 2 is 1.64 bits per heavy atom. The van der Waals surface area contributed by atoms with E-state index in [4.69, 9.17) is 4.74 Å². The first-order valence-electron chi connectivity index (χ1n) is 8.93. The average Bonchev–Trinajstić information content (AvgIpc) is 2.56. The van der Waals surface area contributed by atoms with Crippen LogP contribution in [0.15, 0.2) is 29.2 Å². The zero-order valence-electron chi connectivity index (χ0n) is 15.0. The molecule has 1 saturated carbocycles. The second-order valence-corrected chi connectivity index (χ2v) is 8.22. The van der Waals surface area contributed by atoms with E-state index in [1.54, 1.807) is 26.1 Å². The van der Waals surface area contributed by atoms with E-state index in [0.717, 1.165) is 25.7 Å². The summed E-state index contributed by atoms with van der Waals surface area (Å²) in [6.45, 7) is 1.64. The SMILES string of the molecule is CNC(=O)[C@@H](C)Oc1ccc(S(=O)(=O)NC2CCCCCCC2)cc1. The van der Waals surface area contributed by atoms with Crippen LogP contribution < -0.4 is 14.8 Å². The quantitative estimate of drug-likeness (QED) is 0.808. The van der Waals surface area contributed by atoms with Gasteiger partial charge in [-0.3, -0.25) is 4.79 Å². The number of sulfonamides is 1. The molecule has 0 aromatic heterocycles. The van der Waals surface area contributed by atoms with Crippen molar-refractivity contribution in [2.75, 3.05) is 7.05 Å². The summed E-state index contributed by atoms with van der Waals surface area (Å²) in [4.78, 5) is 11.7. The summed E-state index contributed by atoms with van der Waals surface area (Å²) >= 11 is 0. The van der Waals surface area contributed by atoms with Gasteiger partial charge >= 0.3 is 0 Å². The summed E-state index contributed by atoms with van der Waals surface area (Å²) < 4.78 is 33.5. The summed E-state index contributed by atoms with van der Waals surface area (Å²) in [6.07, 6.45) is 6.88. The Bertz CT molecular complexity index is 650. The first kappa shape index (κ1) is 19.7. The first-order chi connectivity index (χ1) is 11.9. The van der Waals surface area contributed by atoms with Crippen LogP contribution >= 0.6 is 0 Å². The fourth-order valence-electron chi connectivity index (χ4n) is 3.02. The standard InChI is InChI=1S/C18H28N2O4S/c1-14(18(21)19-2)24-16-10-12-17(13-11-16)25(22,23)20-15-8-6-4-3-5-7-9-15/h10-15,20H,3-9H2,1-2H3,(H,19,21)/t14-/m1/s1. The van der Waals surface area contributed by atoms with Gasteiger partial charge in [-0.05, 0) is 44.0 Å². The highest BCUT2D eigenvalue weighted by Crippen LogP contribution is 2.21. The van der Waals surface area contributed by atoms with E-state index in [-0.39, 0.29) is 16.8 Å². The number of carbonyl (C=O) groups is 1. The van der Waals surface area contributed by atoms with E-state index in [1.807, 2.05) is 0 Å². The van der Waals surface area contributed by atoms with Gasteiger partial charge in [0, 0.05) is 13.1 Å². The van der Waals surface area contributed by atoms with Gasteiger partial charge in [-0.1, -0.05) is 32.1 Å². The number of carbonyl (C=O) groups excluding carboxylic acids is 1. The Morgan fingerprint density at radius 3 is 2.20 bits per heavy atom. The molecule has 140 valence electrons. The molecule has 1 amide bonds. The van der Waals surface area contributed by atoms with Crippen LogP contribution in [0.25, 0.3) is 0 Å². The smallest absolute Gasteiger partial charge is 0.260 e. The molecule has 0 saturated heterocycles. The molecule has 1 atom stereocenters. The van der Waals surface area contributed by atoms with Gasteiger partial charge in [-0.2, -0.15) is 0 Å². The number of nitrogens with one attached hydrogen (secondary N) is 2. The van der Waals surface area contributed by atoms with Crippen LogP contribution in [0.2, 0.25) is 0 Å². The molecule has 2 rings (SSSR count). The van der Waals surface area contributed by atoms with Crippen LogP contribution in [0.1, 0.15) is 51.9 Å². The van der Waals surface area contributed by atoms with E-state index in [2.05, 4.69) is 10.0 Å². The van der Waals surface area contributed by atoms with Gasteiger partial charge < -0.3 is 10.1 Å². The van der Waals surface area contributed by atoms with Crippen molar-refractivity contribution in [1.82, 2.24) is 10.0 Å². The molecular weight excluding hydrogens is 340 g/mol. The number of ether oxygens (including phenoxy) is 1. The second-order valence-electron chi connectivity index (χ2n) is 6.51. The highest BCUT2D eigenvalue weighted by atomic mass is 32.2. The minimum Gasteiger partial charge on any atom is -0.481 e. The van der Waals surface area contributed by atoms with E-state index < -0.39 is 16.1 Å². The maximum Gasteiger partial charge on any atom is 0.260 e. The molecule has 1 aromatic carbocycles. The van der Waals surface area contributed by atoms with Crippen molar-refractivity contribution in [2.45, 2.75) is 68.9 Å². The third-order valence-corrected chi connectivity index (χ3v) is 6.03. The lowest BCUT2D eigenvalue weighted by Gasteiger charge is -2.21. The van der Waals surface area contributed by atoms with Crippen molar-refractivity contribution in [3.8, 4) is 5.75 Å². The van der Waals surface area contributed by atoms with Crippen molar-refractivity contribution in [3.05, 3.63) is 24.3 Å². The Kier molecular flexibility index (Phi) is 7.25. The maximum absolute atomic E-state index is 12.6. The Balaban J connectivity index is 2.00. The number of likely N-dealkylation sites (N-methyl/N-ethyl adjacent to an activating group) is 1. The van der Waals surface area contributed by atoms with Crippen LogP contribution in [0.5, 0.6) is 5.75 Å². The zero-order valence-corrected chi connectivity index (χ0v) is 15.8. The van der Waals surface area contributed by atoms with Crippen molar-refractivity contribution in [1.29, 1.82) is 0 Å². The third kappa shape index (κ3) is 6.01. The maximum atomic E-state index is 12.6. The molecule has 1 aromatic rings. The van der Waals surface area contributed by atoms with Gasteiger partial charge in [0.2, 0.25) is 10.0 Å². The van der Waals surface area contributed by atoms with Crippen molar-refractivity contribution >= 4 is 15.9 Å². The Morgan fingerprint density at radius 1 is 1.08 bits per heavy atom. The molecule has 25 heavy (non-hydrogen) atoms. The highest BCUT2D eigenvalue weighted by Gasteiger charge is 2.21. The minimum absolute atomic E-state index is 0.00880. The fourth-order valence-corrected chi connectivity index (χ4v) is 4.32. The van der Waals surface area contributed by atoms with E-state index in [0.29, 0.717) is 5.75 Å². The lowest BCUT2D eigenvalue weighted by Crippen LogP contribution is -2.35. The van der Waals surface area contributed by atoms with Gasteiger partial charge in [0.05, 0.1) is 4.90 Å². The topological polar surface area (TPSA) is 84.5 Å². The number of hydrogen-bond acceptors (Lipinski definition) is 4. The van der Waals surface area contributed by atoms with Gasteiger partial charge in [0.25, 0.3) is 5.91 Å². The number of rotatable bonds is 6. The Labute approximate surface area is 150 Å². The molecular formula is C18H28N2O4S. The molecule has 1 fully saturated rings. The number of hydrogen-bond donors (Lipinski definition) is 2. The molecule has 1 aliphatic rings. The van der Waals surface area contributed by atoms with Crippen LogP contribution in [0, 0.1) is 0 Å². The van der Waals surface area contributed by atoms with E-state index >= 15 is 0 Å². The van der Waals surface area contributed by atoms with Gasteiger partial charge in [0.15, 0.2) is 6.10 Å². The largest absolute Gasteiger partial charge is 0.481 e. The molecule has 2 N–H and O–H groups in total. The first-order valence-corrected chi connectivity index (χ1v) is 10.4. The fraction of sp³-hybridized carbons (Fsp3) is 0.611. The van der Waals surface area contributed by atoms with Gasteiger partial charge in [-0.15, -0.1) is 0 Å². The third-order valence-electron chi connectivity index (χ3n) is 4.49. The second kappa shape index (κ2) is 9.20. The molecule has 0 spiro atoms. The number of amides is 1. The average molecular weight is 368 g/mol. The van der Waals surface area contributed by atoms with Crippen LogP contribution in [-0.2, 0) is 14.8 Å². The molecule has 0 heterocycles. The van der Waals surface area contributed by atoms with Crippen molar-refractivity contribution in [3.63, 3.8) is 0 Å². The normalized spacial score (nSPS) is 18.0. The predicted molar refractivity (Wildman–Crippen MR) is 97.0 cm³/mol. The summed E-state index contributed by atoms with van der Waals surface area (Å²) in [5.41, 5.74) is 0. The summed E-state index contributed by atoms with van der Waals surface area (Å²) in [5.74, 6) is 0.226. The van der Waals surface area contributed by atoms with Crippen molar-refractivity contribution < 1.29 is 17.9 Å². The molecule has 6 nitrogen and oxygen atoms in total. The lowest BCUT2D eigenvalue weighted by molar-refractivity contribution is -0.126. The Hall–Kier alpha value is -1.60. The monoisotopic (exact) mass is 368 g/mol.